The Labute approximate surface area is 126 Å². The lowest BCUT2D eigenvalue weighted by Gasteiger charge is -2.37. The molecule has 1 saturated heterocycles. The van der Waals surface area contributed by atoms with Crippen LogP contribution in [0.1, 0.15) is 32.5 Å². The van der Waals surface area contributed by atoms with Gasteiger partial charge in [0, 0.05) is 12.0 Å². The predicted octanol–water partition coefficient (Wildman–Crippen LogP) is 2.31. The van der Waals surface area contributed by atoms with E-state index in [1.165, 1.54) is 12.8 Å². The number of aliphatic hydroxyl groups excluding tert-OH is 1. The third kappa shape index (κ3) is 2.58. The van der Waals surface area contributed by atoms with Gasteiger partial charge >= 0.3 is 0 Å². The van der Waals surface area contributed by atoms with Crippen LogP contribution >= 0.6 is 0 Å². The maximum absolute atomic E-state index is 9.44. The molecule has 1 aliphatic heterocycles. The molecule has 0 aliphatic carbocycles. The van der Waals surface area contributed by atoms with Gasteiger partial charge in [-0.05, 0) is 44.0 Å². The van der Waals surface area contributed by atoms with E-state index in [-0.39, 0.29) is 12.0 Å². The van der Waals surface area contributed by atoms with Gasteiger partial charge in [-0.2, -0.15) is 0 Å². The van der Waals surface area contributed by atoms with Crippen molar-refractivity contribution in [3.63, 3.8) is 0 Å². The minimum absolute atomic E-state index is 0.00160. The minimum Gasteiger partial charge on any atom is -0.395 e. The standard InChI is InChI=1S/C17H25N3O/c1-17(2,13-6-5-9-18-12-13)16-19-14-7-3-4-8-15(14)20(16)10-11-21/h3-4,7-8,13,18,21H,5-6,9-12H2,1-2H3. The summed E-state index contributed by atoms with van der Waals surface area (Å²) < 4.78 is 2.20. The van der Waals surface area contributed by atoms with Gasteiger partial charge in [0.25, 0.3) is 0 Å². The van der Waals surface area contributed by atoms with Gasteiger partial charge in [-0.1, -0.05) is 26.0 Å². The number of fused-ring (bicyclic) bond motifs is 1. The Bertz CT molecular complexity index is 612. The number of aliphatic hydroxyl groups is 1. The largest absolute Gasteiger partial charge is 0.395 e. The molecule has 21 heavy (non-hydrogen) atoms. The third-order valence-corrected chi connectivity index (χ3v) is 4.87. The molecule has 1 aromatic carbocycles. The molecule has 0 bridgehead atoms. The van der Waals surface area contributed by atoms with Crippen LogP contribution in [0, 0.1) is 5.92 Å². The summed E-state index contributed by atoms with van der Waals surface area (Å²) in [6.07, 6.45) is 2.47. The van der Waals surface area contributed by atoms with Crippen molar-refractivity contribution in [1.82, 2.24) is 14.9 Å². The molecule has 0 spiro atoms. The van der Waals surface area contributed by atoms with Crippen LogP contribution in [0.3, 0.4) is 0 Å². The molecule has 4 heteroatoms. The summed E-state index contributed by atoms with van der Waals surface area (Å²) in [4.78, 5) is 4.90. The summed E-state index contributed by atoms with van der Waals surface area (Å²) in [6, 6.07) is 8.22. The average Bonchev–Trinajstić information content (AvgIpc) is 2.88. The van der Waals surface area contributed by atoms with Crippen molar-refractivity contribution < 1.29 is 5.11 Å². The first-order chi connectivity index (χ1) is 10.1. The first-order valence-electron chi connectivity index (χ1n) is 7.92. The van der Waals surface area contributed by atoms with Crippen molar-refractivity contribution in [3.05, 3.63) is 30.1 Å². The van der Waals surface area contributed by atoms with Crippen LogP contribution in [0.5, 0.6) is 0 Å². The van der Waals surface area contributed by atoms with Crippen LogP contribution in [0.25, 0.3) is 11.0 Å². The lowest BCUT2D eigenvalue weighted by Crippen LogP contribution is -2.42. The molecular formula is C17H25N3O. The number of nitrogens with zero attached hydrogens (tertiary/aromatic N) is 2. The Balaban J connectivity index is 2.07. The molecule has 1 atom stereocenters. The van der Waals surface area contributed by atoms with Crippen LogP contribution in [0.2, 0.25) is 0 Å². The Kier molecular flexibility index (Phi) is 4.00. The number of nitrogens with one attached hydrogen (secondary N) is 1. The first kappa shape index (κ1) is 14.5. The van der Waals surface area contributed by atoms with Crippen molar-refractivity contribution in [3.8, 4) is 0 Å². The summed E-state index contributed by atoms with van der Waals surface area (Å²) in [5.74, 6) is 1.69. The fourth-order valence-corrected chi connectivity index (χ4v) is 3.54. The van der Waals surface area contributed by atoms with Gasteiger partial charge in [0.05, 0.1) is 17.6 Å². The number of piperidine rings is 1. The molecule has 1 aliphatic rings. The molecule has 0 amide bonds. The van der Waals surface area contributed by atoms with E-state index in [2.05, 4.69) is 35.9 Å². The smallest absolute Gasteiger partial charge is 0.115 e. The highest BCUT2D eigenvalue weighted by molar-refractivity contribution is 5.76. The highest BCUT2D eigenvalue weighted by Crippen LogP contribution is 2.36. The van der Waals surface area contributed by atoms with E-state index in [0.717, 1.165) is 29.9 Å². The molecule has 1 aromatic heterocycles. The third-order valence-electron chi connectivity index (χ3n) is 4.87. The van der Waals surface area contributed by atoms with Crippen LogP contribution in [0.15, 0.2) is 24.3 Å². The zero-order valence-corrected chi connectivity index (χ0v) is 13.0. The summed E-state index contributed by atoms with van der Waals surface area (Å²) in [5, 5.41) is 12.9. The molecule has 2 N–H and O–H groups in total. The van der Waals surface area contributed by atoms with E-state index in [1.54, 1.807) is 0 Å². The summed E-state index contributed by atoms with van der Waals surface area (Å²) in [5.41, 5.74) is 2.15. The van der Waals surface area contributed by atoms with E-state index in [1.807, 2.05) is 12.1 Å². The second-order valence-corrected chi connectivity index (χ2v) is 6.56. The molecule has 2 aromatic rings. The molecule has 1 unspecified atom stereocenters. The molecule has 3 rings (SSSR count). The lowest BCUT2D eigenvalue weighted by molar-refractivity contribution is 0.227. The molecule has 114 valence electrons. The van der Waals surface area contributed by atoms with Crippen molar-refractivity contribution >= 4 is 11.0 Å². The monoisotopic (exact) mass is 287 g/mol. The number of aromatic nitrogens is 2. The maximum atomic E-state index is 9.44. The van der Waals surface area contributed by atoms with E-state index in [0.29, 0.717) is 12.5 Å². The van der Waals surface area contributed by atoms with E-state index in [9.17, 15) is 5.11 Å². The quantitative estimate of drug-likeness (QED) is 0.907. The van der Waals surface area contributed by atoms with Crippen molar-refractivity contribution in [2.45, 2.75) is 38.6 Å². The van der Waals surface area contributed by atoms with Crippen LogP contribution < -0.4 is 5.32 Å². The summed E-state index contributed by atoms with van der Waals surface area (Å²) in [7, 11) is 0. The number of para-hydroxylation sites is 2. The molecule has 4 nitrogen and oxygen atoms in total. The molecule has 0 saturated carbocycles. The van der Waals surface area contributed by atoms with Gasteiger partial charge in [-0.15, -0.1) is 0 Å². The highest BCUT2D eigenvalue weighted by Gasteiger charge is 2.36. The van der Waals surface area contributed by atoms with E-state index >= 15 is 0 Å². The average molecular weight is 287 g/mol. The van der Waals surface area contributed by atoms with Gasteiger partial charge < -0.3 is 15.0 Å². The molecular weight excluding hydrogens is 262 g/mol. The van der Waals surface area contributed by atoms with Crippen molar-refractivity contribution in [2.75, 3.05) is 19.7 Å². The highest BCUT2D eigenvalue weighted by atomic mass is 16.3. The molecule has 0 radical (unpaired) electrons. The molecule has 2 heterocycles. The maximum Gasteiger partial charge on any atom is 0.115 e. The Hall–Kier alpha value is -1.39. The SMILES string of the molecule is CC(C)(c1nc2ccccc2n1CCO)C1CCCNC1. The summed E-state index contributed by atoms with van der Waals surface area (Å²) in [6.45, 7) is 7.51. The normalized spacial score (nSPS) is 20.0. The van der Waals surface area contributed by atoms with Gasteiger partial charge in [0.1, 0.15) is 5.82 Å². The number of hydrogen-bond donors (Lipinski definition) is 2. The fourth-order valence-electron chi connectivity index (χ4n) is 3.54. The second kappa shape index (κ2) is 5.78. The number of hydrogen-bond acceptors (Lipinski definition) is 3. The van der Waals surface area contributed by atoms with E-state index < -0.39 is 0 Å². The van der Waals surface area contributed by atoms with Gasteiger partial charge in [0.2, 0.25) is 0 Å². The zero-order chi connectivity index (χ0) is 14.9. The van der Waals surface area contributed by atoms with Gasteiger partial charge in [-0.3, -0.25) is 0 Å². The van der Waals surface area contributed by atoms with E-state index in [4.69, 9.17) is 4.98 Å². The number of benzene rings is 1. The zero-order valence-electron chi connectivity index (χ0n) is 13.0. The minimum atomic E-state index is 0.00160. The van der Waals surface area contributed by atoms with Crippen LogP contribution in [0.4, 0.5) is 0 Å². The topological polar surface area (TPSA) is 50.1 Å². The van der Waals surface area contributed by atoms with Crippen LogP contribution in [-0.2, 0) is 12.0 Å². The number of imidazole rings is 1. The van der Waals surface area contributed by atoms with Crippen molar-refractivity contribution in [2.24, 2.45) is 5.92 Å². The van der Waals surface area contributed by atoms with Crippen molar-refractivity contribution in [1.29, 1.82) is 0 Å². The van der Waals surface area contributed by atoms with Gasteiger partial charge in [0.15, 0.2) is 0 Å². The molecule has 1 fully saturated rings. The Morgan fingerprint density at radius 2 is 2.19 bits per heavy atom. The second-order valence-electron chi connectivity index (χ2n) is 6.56. The van der Waals surface area contributed by atoms with Crippen LogP contribution in [-0.4, -0.2) is 34.4 Å². The first-order valence-corrected chi connectivity index (χ1v) is 7.92. The Morgan fingerprint density at radius 3 is 2.90 bits per heavy atom. The Morgan fingerprint density at radius 1 is 1.38 bits per heavy atom. The van der Waals surface area contributed by atoms with Gasteiger partial charge in [-0.25, -0.2) is 4.98 Å². The fraction of sp³-hybridized carbons (Fsp3) is 0.588. The summed E-state index contributed by atoms with van der Waals surface area (Å²) >= 11 is 0. The lowest BCUT2D eigenvalue weighted by atomic mass is 9.74. The predicted molar refractivity (Wildman–Crippen MR) is 85.4 cm³/mol. The number of rotatable bonds is 4.